The van der Waals surface area contributed by atoms with Crippen molar-refractivity contribution in [3.05, 3.63) is 28.2 Å². The van der Waals surface area contributed by atoms with Crippen LogP contribution in [0.3, 0.4) is 0 Å². The zero-order chi connectivity index (χ0) is 15.4. The highest BCUT2D eigenvalue weighted by Crippen LogP contribution is 2.34. The molecule has 1 amide bonds. The summed E-state index contributed by atoms with van der Waals surface area (Å²) in [4.78, 5) is 14.9. The number of hydrogen-bond acceptors (Lipinski definition) is 3. The second kappa shape index (κ2) is 7.20. The Balaban J connectivity index is 1.95. The first-order chi connectivity index (χ1) is 9.99. The lowest BCUT2D eigenvalue weighted by molar-refractivity contribution is 0.188. The van der Waals surface area contributed by atoms with Gasteiger partial charge in [-0.05, 0) is 19.1 Å². The molecule has 1 aliphatic heterocycles. The summed E-state index contributed by atoms with van der Waals surface area (Å²) in [5.41, 5.74) is 0.958. The molecule has 2 N–H and O–H groups in total. The number of nitrogens with one attached hydrogen (secondary N) is 1. The minimum atomic E-state index is -0.979. The third kappa shape index (κ3) is 4.15. The van der Waals surface area contributed by atoms with E-state index in [2.05, 4.69) is 22.0 Å². The fourth-order valence-corrected chi connectivity index (χ4v) is 3.03. The number of nitrogens with zero attached hydrogens (tertiary/aromatic N) is 2. The molecular weight excluding hydrogens is 313 g/mol. The monoisotopic (exact) mass is 331 g/mol. The molecular formula is C14H19Cl2N3O2. The Morgan fingerprint density at radius 3 is 2.86 bits per heavy atom. The number of carboxylic acid groups (broad SMARTS) is 1. The van der Waals surface area contributed by atoms with Crippen molar-refractivity contribution in [2.45, 2.75) is 13.0 Å². The smallest absolute Gasteiger partial charge is 0.404 e. The van der Waals surface area contributed by atoms with E-state index in [9.17, 15) is 4.79 Å². The van der Waals surface area contributed by atoms with E-state index < -0.39 is 6.09 Å². The van der Waals surface area contributed by atoms with Crippen LogP contribution in [0.15, 0.2) is 18.2 Å². The molecule has 0 spiro atoms. The summed E-state index contributed by atoms with van der Waals surface area (Å²) in [6.07, 6.45) is -0.979. The van der Waals surface area contributed by atoms with Crippen molar-refractivity contribution >= 4 is 35.0 Å². The number of carbonyl (C=O) groups is 1. The summed E-state index contributed by atoms with van der Waals surface area (Å²) >= 11 is 12.4. The molecule has 1 saturated heterocycles. The number of hydrogen-bond donors (Lipinski definition) is 2. The van der Waals surface area contributed by atoms with Crippen molar-refractivity contribution in [2.24, 2.45) is 0 Å². The predicted octanol–water partition coefficient (Wildman–Crippen LogP) is 2.77. The highest BCUT2D eigenvalue weighted by Gasteiger charge is 2.25. The number of anilines is 1. The van der Waals surface area contributed by atoms with E-state index in [0.717, 1.165) is 25.3 Å². The molecule has 21 heavy (non-hydrogen) atoms. The van der Waals surface area contributed by atoms with Gasteiger partial charge in [-0.2, -0.15) is 0 Å². The predicted molar refractivity (Wildman–Crippen MR) is 85.7 cm³/mol. The van der Waals surface area contributed by atoms with Gasteiger partial charge in [0.2, 0.25) is 0 Å². The van der Waals surface area contributed by atoms with Crippen LogP contribution in [0.4, 0.5) is 10.5 Å². The van der Waals surface area contributed by atoms with Crippen molar-refractivity contribution in [2.75, 3.05) is 37.6 Å². The van der Waals surface area contributed by atoms with Gasteiger partial charge in [0.25, 0.3) is 0 Å². The Labute approximate surface area is 134 Å². The third-order valence-electron chi connectivity index (χ3n) is 3.66. The normalized spacial score (nSPS) is 19.6. The van der Waals surface area contributed by atoms with Crippen LogP contribution in [-0.4, -0.2) is 54.9 Å². The van der Waals surface area contributed by atoms with Crippen molar-refractivity contribution in [3.63, 3.8) is 0 Å². The molecule has 0 aromatic heterocycles. The second-order valence-electron chi connectivity index (χ2n) is 5.15. The van der Waals surface area contributed by atoms with Gasteiger partial charge in [0, 0.05) is 38.8 Å². The van der Waals surface area contributed by atoms with Crippen LogP contribution < -0.4 is 10.2 Å². The van der Waals surface area contributed by atoms with Gasteiger partial charge in [-0.1, -0.05) is 29.3 Å². The lowest BCUT2D eigenvalue weighted by atomic mass is 10.1. The quantitative estimate of drug-likeness (QED) is 0.890. The van der Waals surface area contributed by atoms with Gasteiger partial charge < -0.3 is 15.3 Å². The second-order valence-corrected chi connectivity index (χ2v) is 5.93. The minimum Gasteiger partial charge on any atom is -0.465 e. The largest absolute Gasteiger partial charge is 0.465 e. The van der Waals surface area contributed by atoms with Gasteiger partial charge >= 0.3 is 6.09 Å². The molecule has 0 saturated carbocycles. The molecule has 1 aromatic rings. The molecule has 1 atom stereocenters. The molecule has 0 aliphatic carbocycles. The van der Waals surface area contributed by atoms with Crippen molar-refractivity contribution < 1.29 is 9.90 Å². The van der Waals surface area contributed by atoms with Crippen molar-refractivity contribution in [3.8, 4) is 0 Å². The lowest BCUT2D eigenvalue weighted by Gasteiger charge is -2.41. The molecule has 116 valence electrons. The zero-order valence-electron chi connectivity index (χ0n) is 11.9. The van der Waals surface area contributed by atoms with E-state index in [4.69, 9.17) is 28.3 Å². The molecule has 2 rings (SSSR count). The topological polar surface area (TPSA) is 55.8 Å². The summed E-state index contributed by atoms with van der Waals surface area (Å²) in [5.74, 6) is 0. The van der Waals surface area contributed by atoms with E-state index in [1.54, 1.807) is 6.07 Å². The van der Waals surface area contributed by atoms with E-state index in [-0.39, 0.29) is 0 Å². The standard InChI is InChI=1S/C14H19Cl2N3O2/c1-10-9-18(6-5-17-14(20)21)7-8-19(10)12-4-2-3-11(15)13(12)16/h2-4,10,17H,5-9H2,1H3,(H,20,21). The van der Waals surface area contributed by atoms with Gasteiger partial charge in [0.15, 0.2) is 0 Å². The van der Waals surface area contributed by atoms with Crippen LogP contribution in [0.25, 0.3) is 0 Å². The van der Waals surface area contributed by atoms with Crippen molar-refractivity contribution in [1.29, 1.82) is 0 Å². The first kappa shape index (κ1) is 16.2. The molecule has 1 aliphatic rings. The molecule has 5 nitrogen and oxygen atoms in total. The lowest BCUT2D eigenvalue weighted by Crippen LogP contribution is -2.53. The summed E-state index contributed by atoms with van der Waals surface area (Å²) in [7, 11) is 0. The number of amides is 1. The summed E-state index contributed by atoms with van der Waals surface area (Å²) < 4.78 is 0. The van der Waals surface area contributed by atoms with Gasteiger partial charge in [-0.3, -0.25) is 4.90 Å². The van der Waals surface area contributed by atoms with Gasteiger partial charge in [-0.25, -0.2) is 4.79 Å². The maximum absolute atomic E-state index is 10.4. The first-order valence-electron chi connectivity index (χ1n) is 6.89. The van der Waals surface area contributed by atoms with Crippen LogP contribution in [0.1, 0.15) is 6.92 Å². The minimum absolute atomic E-state index is 0.291. The molecule has 0 radical (unpaired) electrons. The van der Waals surface area contributed by atoms with Crippen LogP contribution in [0, 0.1) is 0 Å². The maximum atomic E-state index is 10.4. The SMILES string of the molecule is CC1CN(CCNC(=O)O)CCN1c1cccc(Cl)c1Cl. The molecule has 7 heteroatoms. The molecule has 1 heterocycles. The molecule has 1 fully saturated rings. The maximum Gasteiger partial charge on any atom is 0.404 e. The van der Waals surface area contributed by atoms with Crippen LogP contribution in [0.5, 0.6) is 0 Å². The van der Waals surface area contributed by atoms with Crippen LogP contribution in [-0.2, 0) is 0 Å². The average Bonchev–Trinajstić information content (AvgIpc) is 2.42. The van der Waals surface area contributed by atoms with Gasteiger partial charge in [-0.15, -0.1) is 0 Å². The Kier molecular flexibility index (Phi) is 5.56. The van der Waals surface area contributed by atoms with Gasteiger partial charge in [0.1, 0.15) is 0 Å². The van der Waals surface area contributed by atoms with E-state index in [1.165, 1.54) is 0 Å². The molecule has 1 unspecified atom stereocenters. The average molecular weight is 332 g/mol. The number of halogens is 2. The summed E-state index contributed by atoms with van der Waals surface area (Å²) in [5, 5.41) is 12.1. The first-order valence-corrected chi connectivity index (χ1v) is 7.64. The number of benzene rings is 1. The van der Waals surface area contributed by atoms with E-state index in [1.807, 2.05) is 12.1 Å². The summed E-state index contributed by atoms with van der Waals surface area (Å²) in [6, 6.07) is 5.96. The summed E-state index contributed by atoms with van der Waals surface area (Å²) in [6.45, 7) is 5.87. The zero-order valence-corrected chi connectivity index (χ0v) is 13.4. The third-order valence-corrected chi connectivity index (χ3v) is 4.47. The highest BCUT2D eigenvalue weighted by atomic mass is 35.5. The van der Waals surface area contributed by atoms with E-state index >= 15 is 0 Å². The molecule has 1 aromatic carbocycles. The fraction of sp³-hybridized carbons (Fsp3) is 0.500. The Morgan fingerprint density at radius 2 is 2.19 bits per heavy atom. The van der Waals surface area contributed by atoms with Gasteiger partial charge in [0.05, 0.1) is 15.7 Å². The number of rotatable bonds is 4. The Bertz CT molecular complexity index is 513. The van der Waals surface area contributed by atoms with E-state index in [0.29, 0.717) is 29.2 Å². The fourth-order valence-electron chi connectivity index (χ4n) is 2.63. The highest BCUT2D eigenvalue weighted by molar-refractivity contribution is 6.43. The van der Waals surface area contributed by atoms with Crippen LogP contribution >= 0.6 is 23.2 Å². The Hall–Kier alpha value is -1.17. The van der Waals surface area contributed by atoms with Crippen LogP contribution in [0.2, 0.25) is 10.0 Å². The molecule has 0 bridgehead atoms. The van der Waals surface area contributed by atoms with Crippen molar-refractivity contribution in [1.82, 2.24) is 10.2 Å². The number of piperazine rings is 1. The Morgan fingerprint density at radius 1 is 1.43 bits per heavy atom.